The van der Waals surface area contributed by atoms with Crippen molar-refractivity contribution >= 4 is 27.5 Å². The molecule has 2 N–H and O–H groups in total. The first-order valence-electron chi connectivity index (χ1n) is 4.32. The van der Waals surface area contributed by atoms with Gasteiger partial charge in [-0.25, -0.2) is 4.98 Å². The van der Waals surface area contributed by atoms with Gasteiger partial charge in [0.15, 0.2) is 0 Å². The van der Waals surface area contributed by atoms with Crippen LogP contribution in [0.5, 0.6) is 0 Å². The summed E-state index contributed by atoms with van der Waals surface area (Å²) in [5.74, 6) is -0.551. The predicted octanol–water partition coefficient (Wildman–Crippen LogP) is 0.252. The number of thiophene rings is 1. The zero-order valence-electron chi connectivity index (χ0n) is 8.06. The van der Waals surface area contributed by atoms with E-state index in [4.69, 9.17) is 5.73 Å². The van der Waals surface area contributed by atoms with Crippen LogP contribution in [0.4, 0.5) is 0 Å². The number of nitrogens with two attached hydrogens (primary N) is 1. The molecule has 0 bridgehead atoms. The molecule has 0 saturated heterocycles. The summed E-state index contributed by atoms with van der Waals surface area (Å²) in [6.45, 7) is 1.78. The summed E-state index contributed by atoms with van der Waals surface area (Å²) < 4.78 is 1.22. The molecular formula is C9H9N3O2S. The molecular weight excluding hydrogens is 214 g/mol. The van der Waals surface area contributed by atoms with Gasteiger partial charge in [0.25, 0.3) is 5.56 Å². The summed E-state index contributed by atoms with van der Waals surface area (Å²) in [7, 11) is 0. The number of aryl methyl sites for hydroxylation is 1. The number of amides is 1. The van der Waals surface area contributed by atoms with Crippen LogP contribution >= 0.6 is 11.3 Å². The fourth-order valence-electron chi connectivity index (χ4n) is 1.36. The average molecular weight is 223 g/mol. The second-order valence-electron chi connectivity index (χ2n) is 3.22. The Labute approximate surface area is 89.2 Å². The molecule has 2 aromatic rings. The van der Waals surface area contributed by atoms with Gasteiger partial charge in [0.1, 0.15) is 11.4 Å². The molecule has 0 saturated carbocycles. The number of carbonyl (C=O) groups excluding carboxylic acids is 1. The van der Waals surface area contributed by atoms with E-state index in [9.17, 15) is 9.59 Å². The van der Waals surface area contributed by atoms with Crippen LogP contribution in [0.2, 0.25) is 0 Å². The molecule has 0 aliphatic heterocycles. The van der Waals surface area contributed by atoms with Crippen LogP contribution in [-0.4, -0.2) is 15.5 Å². The maximum Gasteiger partial charge on any atom is 0.262 e. The molecule has 1 amide bonds. The number of carbonyl (C=O) groups is 1. The summed E-state index contributed by atoms with van der Waals surface area (Å²) in [6.07, 6.45) is 1.35. The van der Waals surface area contributed by atoms with E-state index in [0.717, 1.165) is 4.88 Å². The largest absolute Gasteiger partial charge is 0.368 e. The number of hydrogen-bond acceptors (Lipinski definition) is 4. The highest BCUT2D eigenvalue weighted by Gasteiger charge is 2.07. The molecule has 2 heterocycles. The Morgan fingerprint density at radius 3 is 3.07 bits per heavy atom. The van der Waals surface area contributed by atoms with Gasteiger partial charge in [0, 0.05) is 4.88 Å². The highest BCUT2D eigenvalue weighted by Crippen LogP contribution is 2.19. The summed E-state index contributed by atoms with van der Waals surface area (Å²) >= 11 is 1.45. The van der Waals surface area contributed by atoms with Crippen LogP contribution in [0.15, 0.2) is 17.2 Å². The fraction of sp³-hybridized carbons (Fsp3) is 0.222. The first-order chi connectivity index (χ1) is 7.08. The molecule has 78 valence electrons. The van der Waals surface area contributed by atoms with E-state index in [0.29, 0.717) is 10.2 Å². The van der Waals surface area contributed by atoms with Crippen molar-refractivity contribution in [2.45, 2.75) is 13.5 Å². The summed E-state index contributed by atoms with van der Waals surface area (Å²) in [6, 6.07) is 1.77. The van der Waals surface area contributed by atoms with Crippen molar-refractivity contribution in [1.29, 1.82) is 0 Å². The number of aromatic nitrogens is 2. The van der Waals surface area contributed by atoms with E-state index >= 15 is 0 Å². The SMILES string of the molecule is Cc1cc2c(=O)n(CC(N)=O)cnc2s1. The van der Waals surface area contributed by atoms with E-state index in [1.165, 1.54) is 22.2 Å². The van der Waals surface area contributed by atoms with Gasteiger partial charge in [0.05, 0.1) is 11.7 Å². The molecule has 0 spiro atoms. The van der Waals surface area contributed by atoms with E-state index in [1.807, 2.05) is 6.92 Å². The van der Waals surface area contributed by atoms with Crippen LogP contribution in [0.1, 0.15) is 4.88 Å². The minimum Gasteiger partial charge on any atom is -0.368 e. The highest BCUT2D eigenvalue weighted by atomic mass is 32.1. The molecule has 6 heteroatoms. The summed E-state index contributed by atoms with van der Waals surface area (Å²) in [5, 5.41) is 0.543. The van der Waals surface area contributed by atoms with Crippen LogP contribution in [0.3, 0.4) is 0 Å². The molecule has 0 fully saturated rings. The predicted molar refractivity (Wildman–Crippen MR) is 57.8 cm³/mol. The standard InChI is InChI=1S/C9H9N3O2S/c1-5-2-6-8(15-5)11-4-12(9(6)14)3-7(10)13/h2,4H,3H2,1H3,(H2,10,13). The van der Waals surface area contributed by atoms with Gasteiger partial charge in [-0.1, -0.05) is 0 Å². The molecule has 0 aliphatic carbocycles. The third-order valence-corrected chi connectivity index (χ3v) is 2.93. The zero-order chi connectivity index (χ0) is 11.0. The molecule has 0 unspecified atom stereocenters. The van der Waals surface area contributed by atoms with Crippen molar-refractivity contribution in [3.8, 4) is 0 Å². The normalized spacial score (nSPS) is 10.7. The van der Waals surface area contributed by atoms with Gasteiger partial charge >= 0.3 is 0 Å². The molecule has 0 aliphatic rings. The fourth-order valence-corrected chi connectivity index (χ4v) is 2.20. The lowest BCUT2D eigenvalue weighted by Gasteiger charge is -2.00. The second-order valence-corrected chi connectivity index (χ2v) is 4.45. The van der Waals surface area contributed by atoms with E-state index < -0.39 is 5.91 Å². The topological polar surface area (TPSA) is 78.0 Å². The number of rotatable bonds is 2. The van der Waals surface area contributed by atoms with Crippen molar-refractivity contribution in [2.24, 2.45) is 5.73 Å². The van der Waals surface area contributed by atoms with Gasteiger partial charge < -0.3 is 5.73 Å². The third-order valence-electron chi connectivity index (χ3n) is 1.97. The Balaban J connectivity index is 2.64. The minimum absolute atomic E-state index is 0.128. The zero-order valence-corrected chi connectivity index (χ0v) is 8.87. The Kier molecular flexibility index (Phi) is 2.28. The van der Waals surface area contributed by atoms with Crippen LogP contribution in [-0.2, 0) is 11.3 Å². The van der Waals surface area contributed by atoms with Gasteiger partial charge in [-0.05, 0) is 13.0 Å². The van der Waals surface area contributed by atoms with Crippen LogP contribution in [0.25, 0.3) is 10.2 Å². The number of fused-ring (bicyclic) bond motifs is 1. The number of primary amides is 1. The molecule has 0 atom stereocenters. The smallest absolute Gasteiger partial charge is 0.262 e. The van der Waals surface area contributed by atoms with Crippen molar-refractivity contribution in [3.05, 3.63) is 27.6 Å². The van der Waals surface area contributed by atoms with Crippen molar-refractivity contribution in [2.75, 3.05) is 0 Å². The summed E-state index contributed by atoms with van der Waals surface area (Å²) in [4.78, 5) is 28.3. The van der Waals surface area contributed by atoms with Crippen LogP contribution in [0, 0.1) is 6.92 Å². The van der Waals surface area contributed by atoms with E-state index in [-0.39, 0.29) is 12.1 Å². The Bertz CT molecular complexity index is 585. The van der Waals surface area contributed by atoms with Crippen molar-refractivity contribution < 1.29 is 4.79 Å². The quantitative estimate of drug-likeness (QED) is 0.792. The molecule has 2 rings (SSSR count). The van der Waals surface area contributed by atoms with Crippen LogP contribution < -0.4 is 11.3 Å². The van der Waals surface area contributed by atoms with Gasteiger partial charge in [-0.15, -0.1) is 11.3 Å². The first kappa shape index (κ1) is 9.85. The molecule has 5 nitrogen and oxygen atoms in total. The Morgan fingerprint density at radius 2 is 2.40 bits per heavy atom. The maximum atomic E-state index is 11.8. The van der Waals surface area contributed by atoms with E-state index in [2.05, 4.69) is 4.98 Å². The maximum absolute atomic E-state index is 11.8. The summed E-state index contributed by atoms with van der Waals surface area (Å²) in [5.41, 5.74) is 4.80. The molecule has 0 radical (unpaired) electrons. The Hall–Kier alpha value is -1.69. The first-order valence-corrected chi connectivity index (χ1v) is 5.13. The molecule has 2 aromatic heterocycles. The highest BCUT2D eigenvalue weighted by molar-refractivity contribution is 7.18. The van der Waals surface area contributed by atoms with Gasteiger partial charge in [-0.3, -0.25) is 14.2 Å². The van der Waals surface area contributed by atoms with Crippen molar-refractivity contribution in [3.63, 3.8) is 0 Å². The Morgan fingerprint density at radius 1 is 1.67 bits per heavy atom. The molecule has 0 aromatic carbocycles. The lowest BCUT2D eigenvalue weighted by molar-refractivity contribution is -0.118. The molecule has 15 heavy (non-hydrogen) atoms. The minimum atomic E-state index is -0.551. The lowest BCUT2D eigenvalue weighted by Crippen LogP contribution is -2.27. The monoisotopic (exact) mass is 223 g/mol. The number of nitrogens with zero attached hydrogens (tertiary/aromatic N) is 2. The van der Waals surface area contributed by atoms with E-state index in [1.54, 1.807) is 6.07 Å². The lowest BCUT2D eigenvalue weighted by atomic mass is 10.3. The average Bonchev–Trinajstić information content (AvgIpc) is 2.51. The third kappa shape index (κ3) is 1.75. The van der Waals surface area contributed by atoms with Crippen molar-refractivity contribution in [1.82, 2.24) is 9.55 Å². The van der Waals surface area contributed by atoms with Gasteiger partial charge in [0.2, 0.25) is 5.91 Å². The number of hydrogen-bond donors (Lipinski definition) is 1. The second kappa shape index (κ2) is 3.47. The van der Waals surface area contributed by atoms with Gasteiger partial charge in [-0.2, -0.15) is 0 Å².